The van der Waals surface area contributed by atoms with Gasteiger partial charge >= 0.3 is 0 Å². The number of methoxy groups -OCH3 is 1. The predicted octanol–water partition coefficient (Wildman–Crippen LogP) is 0.617. The minimum absolute atomic E-state index is 0.0463. The van der Waals surface area contributed by atoms with E-state index in [1.165, 1.54) is 13.3 Å². The van der Waals surface area contributed by atoms with E-state index in [1.807, 2.05) is 0 Å². The van der Waals surface area contributed by atoms with Gasteiger partial charge in [0, 0.05) is 38.6 Å². The third-order valence-corrected chi connectivity index (χ3v) is 3.91. The summed E-state index contributed by atoms with van der Waals surface area (Å²) < 4.78 is 6.77. The zero-order valence-corrected chi connectivity index (χ0v) is 13.3. The lowest BCUT2D eigenvalue weighted by atomic mass is 10.1. The minimum atomic E-state index is -0.171. The number of hydrogen-bond donors (Lipinski definition) is 1. The maximum Gasteiger partial charge on any atom is 0.258 e. The Kier molecular flexibility index (Phi) is 4.40. The van der Waals surface area contributed by atoms with Crippen LogP contribution in [0.15, 0.2) is 24.7 Å². The number of aryl methyl sites for hydroxylation is 1. The fourth-order valence-electron chi connectivity index (χ4n) is 2.82. The van der Waals surface area contributed by atoms with Gasteiger partial charge in [-0.3, -0.25) is 4.79 Å². The summed E-state index contributed by atoms with van der Waals surface area (Å²) in [6.45, 7) is 1.59. The molecule has 1 unspecified atom stereocenters. The number of carbonyl (C=O) groups is 1. The Morgan fingerprint density at radius 3 is 2.91 bits per heavy atom. The van der Waals surface area contributed by atoms with Crippen molar-refractivity contribution in [2.45, 2.75) is 18.9 Å². The van der Waals surface area contributed by atoms with Gasteiger partial charge in [-0.15, -0.1) is 0 Å². The molecule has 2 aromatic rings. The largest absolute Gasteiger partial charge is 0.481 e. The van der Waals surface area contributed by atoms with Crippen LogP contribution in [0.5, 0.6) is 5.88 Å². The molecule has 8 nitrogen and oxygen atoms in total. The number of aromatic nitrogens is 4. The molecule has 1 aliphatic rings. The summed E-state index contributed by atoms with van der Waals surface area (Å²) in [5.41, 5.74) is 0.447. The summed E-state index contributed by atoms with van der Waals surface area (Å²) in [6, 6.07) is 1.84. The Morgan fingerprint density at radius 2 is 2.17 bits per heavy atom. The molecule has 23 heavy (non-hydrogen) atoms. The summed E-state index contributed by atoms with van der Waals surface area (Å²) in [5, 5.41) is 7.12. The Labute approximate surface area is 134 Å². The van der Waals surface area contributed by atoms with Crippen LogP contribution in [0.4, 0.5) is 5.95 Å². The monoisotopic (exact) mass is 316 g/mol. The summed E-state index contributed by atoms with van der Waals surface area (Å²) >= 11 is 0. The molecular formula is C15H20N6O2. The highest BCUT2D eigenvalue weighted by Crippen LogP contribution is 2.19. The zero-order chi connectivity index (χ0) is 16.2. The fraction of sp³-hybridized carbons (Fsp3) is 0.467. The van der Waals surface area contributed by atoms with Crippen LogP contribution in [0.2, 0.25) is 0 Å². The highest BCUT2D eigenvalue weighted by molar-refractivity contribution is 5.96. The van der Waals surface area contributed by atoms with E-state index < -0.39 is 0 Å². The summed E-state index contributed by atoms with van der Waals surface area (Å²) in [7, 11) is 3.27. The third-order valence-electron chi connectivity index (χ3n) is 3.91. The van der Waals surface area contributed by atoms with Crippen molar-refractivity contribution in [3.05, 3.63) is 30.2 Å². The van der Waals surface area contributed by atoms with E-state index in [0.717, 1.165) is 19.4 Å². The molecule has 1 aliphatic heterocycles. The van der Waals surface area contributed by atoms with Crippen LogP contribution in [0.3, 0.4) is 0 Å². The smallest absolute Gasteiger partial charge is 0.258 e. The molecule has 0 aliphatic carbocycles. The summed E-state index contributed by atoms with van der Waals surface area (Å²) in [6.07, 6.45) is 6.89. The van der Waals surface area contributed by atoms with Crippen LogP contribution in [0.25, 0.3) is 0 Å². The second kappa shape index (κ2) is 6.64. The van der Waals surface area contributed by atoms with Crippen molar-refractivity contribution in [1.29, 1.82) is 0 Å². The van der Waals surface area contributed by atoms with E-state index >= 15 is 0 Å². The Hall–Kier alpha value is -2.64. The van der Waals surface area contributed by atoms with Crippen molar-refractivity contribution < 1.29 is 9.53 Å². The lowest BCUT2D eigenvalue weighted by Crippen LogP contribution is -2.48. The van der Waals surface area contributed by atoms with Gasteiger partial charge in [-0.25, -0.2) is 14.6 Å². The van der Waals surface area contributed by atoms with Crippen LogP contribution in [0, 0.1) is 0 Å². The number of nitrogens with one attached hydrogen (secondary N) is 1. The van der Waals surface area contributed by atoms with Gasteiger partial charge in [0.15, 0.2) is 0 Å². The molecule has 1 saturated heterocycles. The van der Waals surface area contributed by atoms with E-state index in [-0.39, 0.29) is 11.9 Å². The molecule has 1 fully saturated rings. The molecule has 1 amide bonds. The number of piperidine rings is 1. The van der Waals surface area contributed by atoms with Gasteiger partial charge in [0.1, 0.15) is 5.56 Å². The first-order chi connectivity index (χ1) is 11.2. The molecule has 2 aromatic heterocycles. The van der Waals surface area contributed by atoms with Gasteiger partial charge in [-0.05, 0) is 18.9 Å². The fourth-order valence-corrected chi connectivity index (χ4v) is 2.82. The van der Waals surface area contributed by atoms with Gasteiger partial charge < -0.3 is 15.0 Å². The average molecular weight is 316 g/mol. The Morgan fingerprint density at radius 1 is 1.39 bits per heavy atom. The van der Waals surface area contributed by atoms with E-state index in [0.29, 0.717) is 23.9 Å². The van der Waals surface area contributed by atoms with E-state index in [2.05, 4.69) is 25.3 Å². The molecule has 0 radical (unpaired) electrons. The third kappa shape index (κ3) is 3.25. The molecule has 1 atom stereocenters. The van der Waals surface area contributed by atoms with E-state index in [4.69, 9.17) is 4.74 Å². The van der Waals surface area contributed by atoms with Crippen LogP contribution < -0.4 is 15.0 Å². The molecule has 122 valence electrons. The normalized spacial score (nSPS) is 17.8. The first-order valence-corrected chi connectivity index (χ1v) is 7.58. The molecule has 3 rings (SSSR count). The average Bonchev–Trinajstić information content (AvgIpc) is 2.97. The van der Waals surface area contributed by atoms with Gasteiger partial charge in [0.2, 0.25) is 11.8 Å². The number of hydrogen-bond acceptors (Lipinski definition) is 6. The SMILES string of the molecule is COc1c(C(=O)NC2CCCN(c3ncccn3)C2)cnn1C. The summed E-state index contributed by atoms with van der Waals surface area (Å²) in [5.74, 6) is 0.989. The standard InChI is InChI=1S/C15H20N6O2/c1-20-14(23-2)12(9-18-20)13(22)19-11-5-3-8-21(10-11)15-16-6-4-7-17-15/h4,6-7,9,11H,3,5,8,10H2,1-2H3,(H,19,22). The lowest BCUT2D eigenvalue weighted by Gasteiger charge is -2.33. The Balaban J connectivity index is 1.67. The number of anilines is 1. The first kappa shape index (κ1) is 15.3. The lowest BCUT2D eigenvalue weighted by molar-refractivity contribution is 0.0929. The quantitative estimate of drug-likeness (QED) is 0.890. The van der Waals surface area contributed by atoms with Crippen LogP contribution >= 0.6 is 0 Å². The molecule has 1 N–H and O–H groups in total. The predicted molar refractivity (Wildman–Crippen MR) is 84.5 cm³/mol. The topological polar surface area (TPSA) is 85.2 Å². The van der Waals surface area contributed by atoms with Crippen molar-refractivity contribution in [2.24, 2.45) is 7.05 Å². The molecule has 0 spiro atoms. The maximum absolute atomic E-state index is 12.5. The Bertz CT molecular complexity index is 672. The molecule has 8 heteroatoms. The second-order valence-corrected chi connectivity index (χ2v) is 5.50. The highest BCUT2D eigenvalue weighted by Gasteiger charge is 2.25. The first-order valence-electron chi connectivity index (χ1n) is 7.58. The highest BCUT2D eigenvalue weighted by atomic mass is 16.5. The van der Waals surface area contributed by atoms with Crippen LogP contribution in [0.1, 0.15) is 23.2 Å². The van der Waals surface area contributed by atoms with Crippen LogP contribution in [-0.4, -0.2) is 51.9 Å². The molecule has 0 saturated carbocycles. The van der Waals surface area contributed by atoms with Crippen molar-refractivity contribution in [3.63, 3.8) is 0 Å². The molecule has 0 bridgehead atoms. The summed E-state index contributed by atoms with van der Waals surface area (Å²) in [4.78, 5) is 23.1. The number of ether oxygens (including phenoxy) is 1. The van der Waals surface area contributed by atoms with Gasteiger partial charge in [-0.2, -0.15) is 5.10 Å². The number of amides is 1. The van der Waals surface area contributed by atoms with Crippen molar-refractivity contribution in [2.75, 3.05) is 25.1 Å². The van der Waals surface area contributed by atoms with Gasteiger partial charge in [0.05, 0.1) is 13.3 Å². The van der Waals surface area contributed by atoms with Crippen molar-refractivity contribution in [3.8, 4) is 5.88 Å². The molecule has 3 heterocycles. The molecular weight excluding hydrogens is 296 g/mol. The van der Waals surface area contributed by atoms with E-state index in [1.54, 1.807) is 30.2 Å². The van der Waals surface area contributed by atoms with E-state index in [9.17, 15) is 4.79 Å². The van der Waals surface area contributed by atoms with Crippen LogP contribution in [-0.2, 0) is 7.05 Å². The number of nitrogens with zero attached hydrogens (tertiary/aromatic N) is 5. The van der Waals surface area contributed by atoms with Gasteiger partial charge in [-0.1, -0.05) is 0 Å². The zero-order valence-electron chi connectivity index (χ0n) is 13.3. The van der Waals surface area contributed by atoms with Gasteiger partial charge in [0.25, 0.3) is 5.91 Å². The number of carbonyl (C=O) groups excluding carboxylic acids is 1. The molecule has 0 aromatic carbocycles. The maximum atomic E-state index is 12.5. The van der Waals surface area contributed by atoms with Crippen molar-refractivity contribution >= 4 is 11.9 Å². The second-order valence-electron chi connectivity index (χ2n) is 5.50. The van der Waals surface area contributed by atoms with Crippen molar-refractivity contribution in [1.82, 2.24) is 25.1 Å². The minimum Gasteiger partial charge on any atom is -0.481 e. The number of rotatable bonds is 4.